The van der Waals surface area contributed by atoms with E-state index in [4.69, 9.17) is 5.73 Å². The molecule has 1 aromatic heterocycles. The molecule has 0 radical (unpaired) electrons. The second-order valence-electron chi connectivity index (χ2n) is 4.71. The summed E-state index contributed by atoms with van der Waals surface area (Å²) >= 11 is 5.54. The number of hydrogen-bond acceptors (Lipinski definition) is 2. The molecule has 1 saturated carbocycles. The molecule has 1 fully saturated rings. The maximum Gasteiger partial charge on any atom is 0.0320 e. The van der Waals surface area contributed by atoms with E-state index in [1.807, 2.05) is 11.3 Å². The monoisotopic (exact) mass is 273 g/mol. The summed E-state index contributed by atoms with van der Waals surface area (Å²) in [4.78, 5) is 2.87. The normalized spacial score (nSPS) is 29.2. The van der Waals surface area contributed by atoms with E-state index in [0.29, 0.717) is 17.3 Å². The molecule has 0 aromatic carbocycles. The predicted molar refractivity (Wildman–Crippen MR) is 65.8 cm³/mol. The minimum atomic E-state index is 0.397. The zero-order valence-corrected chi connectivity index (χ0v) is 11.2. The molecule has 0 amide bonds. The molecule has 1 aromatic rings. The summed E-state index contributed by atoms with van der Waals surface area (Å²) in [5.41, 5.74) is 6.18. The van der Waals surface area contributed by atoms with E-state index in [1.54, 1.807) is 0 Å². The fraction of sp³-hybridized carbons (Fsp3) is 0.636. The average Bonchev–Trinajstić information content (AvgIpc) is 2.46. The lowest BCUT2D eigenvalue weighted by atomic mass is 10.1. The molecule has 1 nitrogen and oxygen atoms in total. The van der Waals surface area contributed by atoms with Crippen molar-refractivity contribution in [2.75, 3.05) is 6.54 Å². The van der Waals surface area contributed by atoms with Crippen LogP contribution in [-0.2, 0) is 0 Å². The van der Waals surface area contributed by atoms with E-state index in [0.717, 1.165) is 6.54 Å². The van der Waals surface area contributed by atoms with Crippen molar-refractivity contribution in [3.63, 3.8) is 0 Å². The first-order valence-electron chi connectivity index (χ1n) is 4.94. The SMILES string of the molecule is Cc1cc(Br)c([C@H]2[C@H](CN)C2(C)C)s1. The van der Waals surface area contributed by atoms with Crippen molar-refractivity contribution in [1.82, 2.24) is 0 Å². The zero-order valence-electron chi connectivity index (χ0n) is 8.80. The van der Waals surface area contributed by atoms with Gasteiger partial charge in [-0.1, -0.05) is 13.8 Å². The number of nitrogens with two attached hydrogens (primary N) is 1. The van der Waals surface area contributed by atoms with Crippen LogP contribution < -0.4 is 5.73 Å². The largest absolute Gasteiger partial charge is 0.330 e. The van der Waals surface area contributed by atoms with E-state index in [2.05, 4.69) is 42.8 Å². The van der Waals surface area contributed by atoms with Gasteiger partial charge in [0.05, 0.1) is 0 Å². The third-order valence-corrected chi connectivity index (χ3v) is 5.48. The zero-order chi connectivity index (χ0) is 10.5. The predicted octanol–water partition coefficient (Wildman–Crippen LogP) is 3.52. The number of thiophene rings is 1. The van der Waals surface area contributed by atoms with Gasteiger partial charge in [0.1, 0.15) is 0 Å². The van der Waals surface area contributed by atoms with E-state index in [9.17, 15) is 0 Å². The van der Waals surface area contributed by atoms with Crippen molar-refractivity contribution >= 4 is 27.3 Å². The molecule has 78 valence electrons. The molecule has 1 aliphatic carbocycles. The molecule has 2 rings (SSSR count). The fourth-order valence-corrected chi connectivity index (χ4v) is 4.68. The first kappa shape index (κ1) is 10.7. The first-order valence-corrected chi connectivity index (χ1v) is 6.55. The van der Waals surface area contributed by atoms with Crippen molar-refractivity contribution in [2.24, 2.45) is 17.1 Å². The van der Waals surface area contributed by atoms with Crippen LogP contribution in [0.5, 0.6) is 0 Å². The van der Waals surface area contributed by atoms with Gasteiger partial charge in [-0.25, -0.2) is 0 Å². The molecule has 0 unspecified atom stereocenters. The Kier molecular flexibility index (Phi) is 2.53. The summed E-state index contributed by atoms with van der Waals surface area (Å²) in [6.07, 6.45) is 0. The maximum atomic E-state index is 5.78. The molecule has 1 aliphatic rings. The Morgan fingerprint density at radius 3 is 2.57 bits per heavy atom. The lowest BCUT2D eigenvalue weighted by Gasteiger charge is -2.00. The Morgan fingerprint density at radius 2 is 2.21 bits per heavy atom. The van der Waals surface area contributed by atoms with Crippen LogP contribution in [0.15, 0.2) is 10.5 Å². The van der Waals surface area contributed by atoms with Gasteiger partial charge in [0, 0.05) is 20.1 Å². The van der Waals surface area contributed by atoms with Crippen molar-refractivity contribution in [1.29, 1.82) is 0 Å². The second kappa shape index (κ2) is 3.32. The van der Waals surface area contributed by atoms with Gasteiger partial charge < -0.3 is 5.73 Å². The van der Waals surface area contributed by atoms with Gasteiger partial charge in [0.2, 0.25) is 0 Å². The van der Waals surface area contributed by atoms with Crippen LogP contribution in [0.1, 0.15) is 29.5 Å². The van der Waals surface area contributed by atoms with Gasteiger partial charge in [-0.3, -0.25) is 0 Å². The molecule has 2 N–H and O–H groups in total. The summed E-state index contributed by atoms with van der Waals surface area (Å²) in [6.45, 7) is 7.60. The fourth-order valence-electron chi connectivity index (χ4n) is 2.42. The van der Waals surface area contributed by atoms with Gasteiger partial charge in [-0.15, -0.1) is 11.3 Å². The smallest absolute Gasteiger partial charge is 0.0320 e. The first-order chi connectivity index (χ1) is 6.48. The van der Waals surface area contributed by atoms with Crippen LogP contribution in [0, 0.1) is 18.3 Å². The third-order valence-electron chi connectivity index (χ3n) is 3.42. The second-order valence-corrected chi connectivity index (χ2v) is 6.85. The molecule has 0 bridgehead atoms. The van der Waals surface area contributed by atoms with Crippen molar-refractivity contribution in [2.45, 2.75) is 26.7 Å². The van der Waals surface area contributed by atoms with E-state index >= 15 is 0 Å². The summed E-state index contributed by atoms with van der Waals surface area (Å²) in [5, 5.41) is 0. The van der Waals surface area contributed by atoms with Crippen LogP contribution in [0.25, 0.3) is 0 Å². The standard InChI is InChI=1S/C11H16BrNS/c1-6-4-8(12)10(14-6)9-7(5-13)11(9,2)3/h4,7,9H,5,13H2,1-3H3/t7-,9+/m0/s1. The number of halogens is 1. The van der Waals surface area contributed by atoms with E-state index in [1.165, 1.54) is 14.2 Å². The van der Waals surface area contributed by atoms with Gasteiger partial charge in [-0.2, -0.15) is 0 Å². The van der Waals surface area contributed by atoms with Gasteiger partial charge in [0.25, 0.3) is 0 Å². The van der Waals surface area contributed by atoms with Gasteiger partial charge in [0.15, 0.2) is 0 Å². The van der Waals surface area contributed by atoms with Crippen LogP contribution in [0.3, 0.4) is 0 Å². The molecular weight excluding hydrogens is 258 g/mol. The molecule has 3 heteroatoms. The molecular formula is C11H16BrNS. The van der Waals surface area contributed by atoms with E-state index in [-0.39, 0.29) is 0 Å². The Bertz CT molecular complexity index is 356. The quantitative estimate of drug-likeness (QED) is 0.877. The number of aryl methyl sites for hydroxylation is 1. The molecule has 2 atom stereocenters. The highest BCUT2D eigenvalue weighted by atomic mass is 79.9. The van der Waals surface area contributed by atoms with Crippen LogP contribution in [0.2, 0.25) is 0 Å². The molecule has 1 heterocycles. The topological polar surface area (TPSA) is 26.0 Å². The third kappa shape index (κ3) is 1.46. The summed E-state index contributed by atoms with van der Waals surface area (Å²) in [5.74, 6) is 1.33. The average molecular weight is 274 g/mol. The van der Waals surface area contributed by atoms with Crippen LogP contribution in [-0.4, -0.2) is 6.54 Å². The van der Waals surface area contributed by atoms with Crippen molar-refractivity contribution < 1.29 is 0 Å². The summed E-state index contributed by atoms with van der Waals surface area (Å²) in [7, 11) is 0. The minimum absolute atomic E-state index is 0.397. The number of rotatable bonds is 2. The highest BCUT2D eigenvalue weighted by molar-refractivity contribution is 9.10. The Labute approximate surface area is 97.8 Å². The van der Waals surface area contributed by atoms with Crippen molar-refractivity contribution in [3.8, 4) is 0 Å². The highest BCUT2D eigenvalue weighted by Crippen LogP contribution is 2.66. The molecule has 0 aliphatic heterocycles. The Morgan fingerprint density at radius 1 is 1.57 bits per heavy atom. The minimum Gasteiger partial charge on any atom is -0.330 e. The van der Waals surface area contributed by atoms with Gasteiger partial charge >= 0.3 is 0 Å². The van der Waals surface area contributed by atoms with Crippen LogP contribution >= 0.6 is 27.3 Å². The number of hydrogen-bond donors (Lipinski definition) is 1. The van der Waals surface area contributed by atoms with E-state index < -0.39 is 0 Å². The lowest BCUT2D eigenvalue weighted by molar-refractivity contribution is 0.559. The maximum absolute atomic E-state index is 5.78. The molecule has 0 saturated heterocycles. The summed E-state index contributed by atoms with van der Waals surface area (Å²) < 4.78 is 1.27. The molecule has 14 heavy (non-hydrogen) atoms. The van der Waals surface area contributed by atoms with Crippen molar-refractivity contribution in [3.05, 3.63) is 20.3 Å². The lowest BCUT2D eigenvalue weighted by Crippen LogP contribution is -2.05. The Hall–Kier alpha value is 0.140. The summed E-state index contributed by atoms with van der Waals surface area (Å²) in [6, 6.07) is 2.21. The highest BCUT2D eigenvalue weighted by Gasteiger charge is 2.58. The van der Waals surface area contributed by atoms with Gasteiger partial charge in [-0.05, 0) is 46.8 Å². The molecule has 0 spiro atoms. The Balaban J connectivity index is 2.30. The van der Waals surface area contributed by atoms with Crippen LogP contribution in [0.4, 0.5) is 0 Å².